The van der Waals surface area contributed by atoms with Gasteiger partial charge in [-0.2, -0.15) is 0 Å². The van der Waals surface area contributed by atoms with Crippen LogP contribution >= 0.6 is 11.6 Å². The molecule has 5 nitrogen and oxygen atoms in total. The van der Waals surface area contributed by atoms with Crippen LogP contribution in [0.15, 0.2) is 47.3 Å². The summed E-state index contributed by atoms with van der Waals surface area (Å²) in [6.45, 7) is 1.88. The summed E-state index contributed by atoms with van der Waals surface area (Å²) in [5.74, 6) is -2.64. The molecule has 1 amide bonds. The Morgan fingerprint density at radius 2 is 1.93 bits per heavy atom. The van der Waals surface area contributed by atoms with Gasteiger partial charge >= 0.3 is 0 Å². The molecule has 0 saturated carbocycles. The molecule has 138 valence electrons. The van der Waals surface area contributed by atoms with Gasteiger partial charge in [0.1, 0.15) is 5.82 Å². The number of carbonyl (C=O) groups is 1. The summed E-state index contributed by atoms with van der Waals surface area (Å²) >= 11 is 5.82. The van der Waals surface area contributed by atoms with Gasteiger partial charge in [-0.3, -0.25) is 9.59 Å². The predicted molar refractivity (Wildman–Crippen MR) is 99.0 cm³/mol. The Bertz CT molecular complexity index is 1080. The molecular formula is C19H14ClF2N3O2. The maximum Gasteiger partial charge on any atom is 0.257 e. The fraction of sp³-hybridized carbons (Fsp3) is 0.105. The number of anilines is 1. The topological polar surface area (TPSA) is 74.8 Å². The number of rotatable bonds is 4. The van der Waals surface area contributed by atoms with Crippen LogP contribution in [0.25, 0.3) is 11.4 Å². The first-order valence-corrected chi connectivity index (χ1v) is 8.41. The van der Waals surface area contributed by atoms with Crippen molar-refractivity contribution in [1.29, 1.82) is 0 Å². The van der Waals surface area contributed by atoms with Gasteiger partial charge in [-0.05, 0) is 30.7 Å². The van der Waals surface area contributed by atoms with E-state index in [0.717, 1.165) is 12.1 Å². The minimum Gasteiger partial charge on any atom is -0.322 e. The molecule has 0 unspecified atom stereocenters. The number of nitrogens with zero attached hydrogens (tertiary/aromatic N) is 1. The lowest BCUT2D eigenvalue weighted by molar-refractivity contribution is 0.102. The third-order valence-corrected chi connectivity index (χ3v) is 4.12. The van der Waals surface area contributed by atoms with E-state index in [9.17, 15) is 18.4 Å². The molecule has 0 atom stereocenters. The van der Waals surface area contributed by atoms with E-state index in [4.69, 9.17) is 11.6 Å². The van der Waals surface area contributed by atoms with Gasteiger partial charge in [-0.25, -0.2) is 13.8 Å². The number of hydrogen-bond donors (Lipinski definition) is 2. The smallest absolute Gasteiger partial charge is 0.257 e. The lowest BCUT2D eigenvalue weighted by atomic mass is 10.1. The van der Waals surface area contributed by atoms with Crippen LogP contribution in [0.2, 0.25) is 5.02 Å². The minimum atomic E-state index is -1.17. The van der Waals surface area contributed by atoms with Gasteiger partial charge in [0.05, 0.1) is 10.6 Å². The second-order valence-corrected chi connectivity index (χ2v) is 6.13. The molecule has 3 rings (SSSR count). The quantitative estimate of drug-likeness (QED) is 0.657. The SMILES string of the molecule is CCc1cc(=O)[nH]c(-c2cccc(NC(=O)c3cc(F)c(F)cc3Cl)c2)n1. The van der Waals surface area contributed by atoms with E-state index in [0.29, 0.717) is 29.2 Å². The van der Waals surface area contributed by atoms with E-state index < -0.39 is 17.5 Å². The third kappa shape index (κ3) is 4.20. The molecule has 0 radical (unpaired) electrons. The number of halogens is 3. The van der Waals surface area contributed by atoms with Crippen molar-refractivity contribution >= 4 is 23.2 Å². The van der Waals surface area contributed by atoms with Gasteiger partial charge in [0.15, 0.2) is 11.6 Å². The van der Waals surface area contributed by atoms with Crippen molar-refractivity contribution in [2.45, 2.75) is 13.3 Å². The first-order valence-electron chi connectivity index (χ1n) is 8.04. The molecule has 0 aliphatic carbocycles. The number of aromatic amines is 1. The molecule has 0 saturated heterocycles. The Kier molecular flexibility index (Phi) is 5.32. The van der Waals surface area contributed by atoms with Crippen LogP contribution in [0.4, 0.5) is 14.5 Å². The van der Waals surface area contributed by atoms with Crippen LogP contribution in [0.5, 0.6) is 0 Å². The number of H-pyrrole nitrogens is 1. The van der Waals surface area contributed by atoms with Crippen LogP contribution in [0.3, 0.4) is 0 Å². The van der Waals surface area contributed by atoms with Crippen molar-refractivity contribution in [3.63, 3.8) is 0 Å². The first-order chi connectivity index (χ1) is 12.9. The summed E-state index contributed by atoms with van der Waals surface area (Å²) in [6, 6.07) is 9.49. The number of hydrogen-bond acceptors (Lipinski definition) is 3. The molecule has 0 aliphatic rings. The average molecular weight is 390 g/mol. The maximum absolute atomic E-state index is 13.4. The number of aryl methyl sites for hydroxylation is 1. The summed E-state index contributed by atoms with van der Waals surface area (Å²) < 4.78 is 26.6. The zero-order chi connectivity index (χ0) is 19.6. The Morgan fingerprint density at radius 1 is 1.19 bits per heavy atom. The molecule has 2 N–H and O–H groups in total. The Labute approximate surface area is 158 Å². The lowest BCUT2D eigenvalue weighted by Gasteiger charge is -2.09. The second kappa shape index (κ2) is 7.67. The first kappa shape index (κ1) is 18.7. The predicted octanol–water partition coefficient (Wildman–Crippen LogP) is 4.18. The van der Waals surface area contributed by atoms with Crippen molar-refractivity contribution in [3.05, 3.63) is 80.7 Å². The summed E-state index contributed by atoms with van der Waals surface area (Å²) in [6.07, 6.45) is 0.599. The fourth-order valence-corrected chi connectivity index (χ4v) is 2.70. The maximum atomic E-state index is 13.4. The van der Waals surface area contributed by atoms with Gasteiger partial charge in [-0.15, -0.1) is 0 Å². The van der Waals surface area contributed by atoms with Gasteiger partial charge in [0.2, 0.25) is 0 Å². The molecule has 0 bridgehead atoms. The highest BCUT2D eigenvalue weighted by Crippen LogP contribution is 2.23. The summed E-state index contributed by atoms with van der Waals surface area (Å²) in [7, 11) is 0. The van der Waals surface area contributed by atoms with Gasteiger partial charge in [0.25, 0.3) is 11.5 Å². The number of nitrogens with one attached hydrogen (secondary N) is 2. The van der Waals surface area contributed by atoms with Gasteiger partial charge in [0, 0.05) is 23.0 Å². The Balaban J connectivity index is 1.91. The molecule has 2 aromatic carbocycles. The average Bonchev–Trinajstić information content (AvgIpc) is 2.64. The number of aromatic nitrogens is 2. The highest BCUT2D eigenvalue weighted by Gasteiger charge is 2.15. The van der Waals surface area contributed by atoms with Crippen molar-refractivity contribution in [2.75, 3.05) is 5.32 Å². The molecule has 8 heteroatoms. The third-order valence-electron chi connectivity index (χ3n) is 3.81. The summed E-state index contributed by atoms with van der Waals surface area (Å²) in [5, 5.41) is 2.36. The van der Waals surface area contributed by atoms with Crippen LogP contribution in [-0.2, 0) is 6.42 Å². The van der Waals surface area contributed by atoms with Crippen LogP contribution in [0, 0.1) is 11.6 Å². The molecule has 1 aromatic heterocycles. The van der Waals surface area contributed by atoms with E-state index in [-0.39, 0.29) is 16.1 Å². The Morgan fingerprint density at radius 3 is 2.67 bits per heavy atom. The van der Waals surface area contributed by atoms with E-state index in [1.54, 1.807) is 24.3 Å². The number of amides is 1. The van der Waals surface area contributed by atoms with Crippen molar-refractivity contribution in [2.24, 2.45) is 0 Å². The van der Waals surface area contributed by atoms with E-state index in [1.165, 1.54) is 6.07 Å². The van der Waals surface area contributed by atoms with E-state index in [2.05, 4.69) is 15.3 Å². The van der Waals surface area contributed by atoms with Crippen LogP contribution in [-0.4, -0.2) is 15.9 Å². The van der Waals surface area contributed by atoms with Crippen molar-refractivity contribution in [3.8, 4) is 11.4 Å². The highest BCUT2D eigenvalue weighted by molar-refractivity contribution is 6.34. The van der Waals surface area contributed by atoms with Gasteiger partial charge in [-0.1, -0.05) is 30.7 Å². The summed E-state index contributed by atoms with van der Waals surface area (Å²) in [4.78, 5) is 31.1. The van der Waals surface area contributed by atoms with Crippen molar-refractivity contribution < 1.29 is 13.6 Å². The molecule has 0 spiro atoms. The van der Waals surface area contributed by atoms with E-state index >= 15 is 0 Å². The van der Waals surface area contributed by atoms with Crippen molar-refractivity contribution in [1.82, 2.24) is 9.97 Å². The number of benzene rings is 2. The molecule has 27 heavy (non-hydrogen) atoms. The largest absolute Gasteiger partial charge is 0.322 e. The summed E-state index contributed by atoms with van der Waals surface area (Å²) in [5.41, 5.74) is 1.12. The molecule has 1 heterocycles. The van der Waals surface area contributed by atoms with Crippen LogP contribution in [0.1, 0.15) is 23.0 Å². The van der Waals surface area contributed by atoms with Gasteiger partial charge < -0.3 is 10.3 Å². The second-order valence-electron chi connectivity index (χ2n) is 5.72. The fourth-order valence-electron chi connectivity index (χ4n) is 2.47. The molecule has 0 aliphatic heterocycles. The molecule has 3 aromatic rings. The van der Waals surface area contributed by atoms with E-state index in [1.807, 2.05) is 6.92 Å². The normalized spacial score (nSPS) is 10.7. The standard InChI is InChI=1S/C19H14ClF2N3O2/c1-2-11-7-17(26)25-18(23-11)10-4-3-5-12(6-10)24-19(27)13-8-15(21)16(22)9-14(13)20/h3-9H,2H2,1H3,(H,24,27)(H,23,25,26). The van der Waals surface area contributed by atoms with Crippen LogP contribution < -0.4 is 10.9 Å². The Hall–Kier alpha value is -3.06. The molecule has 0 fully saturated rings. The monoisotopic (exact) mass is 389 g/mol. The highest BCUT2D eigenvalue weighted by atomic mass is 35.5. The molecular weight excluding hydrogens is 376 g/mol. The zero-order valence-electron chi connectivity index (χ0n) is 14.1. The lowest BCUT2D eigenvalue weighted by Crippen LogP contribution is -2.13. The number of carbonyl (C=O) groups excluding carboxylic acids is 1. The minimum absolute atomic E-state index is 0.194. The zero-order valence-corrected chi connectivity index (χ0v) is 14.9.